The van der Waals surface area contributed by atoms with Crippen LogP contribution in [0.3, 0.4) is 0 Å². The fourth-order valence-electron chi connectivity index (χ4n) is 2.37. The van der Waals surface area contributed by atoms with Crippen LogP contribution in [0.2, 0.25) is 0 Å². The van der Waals surface area contributed by atoms with Gasteiger partial charge in [0.15, 0.2) is 11.6 Å². The third-order valence-corrected chi connectivity index (χ3v) is 3.91. The van der Waals surface area contributed by atoms with Gasteiger partial charge < -0.3 is 10.1 Å². The lowest BCUT2D eigenvalue weighted by Gasteiger charge is -2.11. The van der Waals surface area contributed by atoms with Crippen LogP contribution in [0.4, 0.5) is 4.39 Å². The number of nitrogens with zero attached hydrogens (tertiary/aromatic N) is 2. The molecule has 1 N–H and O–H groups in total. The molecule has 0 aliphatic carbocycles. The van der Waals surface area contributed by atoms with E-state index in [4.69, 9.17) is 16.3 Å². The Hall–Kier alpha value is -2.52. The molecule has 1 amide bonds. The number of hydrogen-bond donors (Lipinski definition) is 1. The molecule has 2 aromatic rings. The molecule has 26 heavy (non-hydrogen) atoms. The summed E-state index contributed by atoms with van der Waals surface area (Å²) in [6.07, 6.45) is 1.98. The standard InChI is InChI=1S/C19H21ClFN3O2/c1-3-15-12-16(24(2)23-15)19(25)22-13-14-8-7-9-17(18(14)21)26-11-6-4-5-10-20/h7-9,12H,3-4,6,11,13H2,1-2H3,(H,22,25). The van der Waals surface area contributed by atoms with Crippen LogP contribution in [0, 0.1) is 17.1 Å². The Morgan fingerprint density at radius 1 is 1.46 bits per heavy atom. The Balaban J connectivity index is 1.96. The molecular weight excluding hydrogens is 357 g/mol. The van der Waals surface area contributed by atoms with Crippen molar-refractivity contribution in [2.75, 3.05) is 6.61 Å². The molecule has 7 heteroatoms. The number of nitrogens with one attached hydrogen (secondary N) is 1. The Morgan fingerprint density at radius 2 is 2.27 bits per heavy atom. The highest BCUT2D eigenvalue weighted by Crippen LogP contribution is 2.21. The minimum absolute atomic E-state index is 0.0617. The van der Waals surface area contributed by atoms with Gasteiger partial charge >= 0.3 is 0 Å². The van der Waals surface area contributed by atoms with Gasteiger partial charge in [-0.1, -0.05) is 25.0 Å². The third-order valence-electron chi connectivity index (χ3n) is 3.78. The van der Waals surface area contributed by atoms with Crippen molar-refractivity contribution in [1.29, 1.82) is 0 Å². The van der Waals surface area contributed by atoms with E-state index in [1.165, 1.54) is 4.68 Å². The second-order valence-corrected chi connectivity index (χ2v) is 5.82. The zero-order valence-corrected chi connectivity index (χ0v) is 15.6. The largest absolute Gasteiger partial charge is 0.490 e. The second kappa shape index (κ2) is 9.83. The normalized spacial score (nSPS) is 10.2. The van der Waals surface area contributed by atoms with Crippen molar-refractivity contribution >= 4 is 17.5 Å². The van der Waals surface area contributed by atoms with Crippen LogP contribution in [-0.4, -0.2) is 22.3 Å². The molecule has 0 saturated carbocycles. The molecular formula is C19H21ClFN3O2. The predicted molar refractivity (Wildman–Crippen MR) is 98.5 cm³/mol. The fraction of sp³-hybridized carbons (Fsp3) is 0.368. The lowest BCUT2D eigenvalue weighted by atomic mass is 10.2. The van der Waals surface area contributed by atoms with Gasteiger partial charge in [-0.15, -0.1) is 0 Å². The smallest absolute Gasteiger partial charge is 0.269 e. The molecule has 1 aromatic heterocycles. The molecule has 138 valence electrons. The van der Waals surface area contributed by atoms with Crippen LogP contribution < -0.4 is 10.1 Å². The number of benzene rings is 1. The first-order valence-electron chi connectivity index (χ1n) is 8.36. The molecule has 1 aromatic carbocycles. The van der Waals surface area contributed by atoms with E-state index < -0.39 is 5.82 Å². The van der Waals surface area contributed by atoms with E-state index in [1.54, 1.807) is 31.3 Å². The Kier molecular flexibility index (Phi) is 7.49. The molecule has 0 spiro atoms. The molecule has 0 bridgehead atoms. The minimum atomic E-state index is -0.476. The second-order valence-electron chi connectivity index (χ2n) is 5.63. The van der Waals surface area contributed by atoms with E-state index >= 15 is 0 Å². The van der Waals surface area contributed by atoms with Crippen LogP contribution in [0.25, 0.3) is 0 Å². The van der Waals surface area contributed by atoms with E-state index in [9.17, 15) is 9.18 Å². The maximum Gasteiger partial charge on any atom is 0.269 e. The maximum atomic E-state index is 14.5. The number of aryl methyl sites for hydroxylation is 2. The molecule has 0 radical (unpaired) electrons. The van der Waals surface area contributed by atoms with Crippen molar-refractivity contribution in [3.05, 3.63) is 47.0 Å². The number of rotatable bonds is 8. The van der Waals surface area contributed by atoms with Crippen molar-refractivity contribution in [2.24, 2.45) is 7.05 Å². The molecule has 0 aliphatic rings. The van der Waals surface area contributed by atoms with Crippen molar-refractivity contribution in [3.63, 3.8) is 0 Å². The first-order chi connectivity index (χ1) is 12.6. The van der Waals surface area contributed by atoms with Gasteiger partial charge in [-0.05, 0) is 36.6 Å². The third kappa shape index (κ3) is 5.24. The molecule has 5 nitrogen and oxygen atoms in total. The molecule has 1 heterocycles. The zero-order chi connectivity index (χ0) is 18.9. The van der Waals surface area contributed by atoms with Crippen LogP contribution in [0.1, 0.15) is 41.5 Å². The Labute approximate surface area is 157 Å². The van der Waals surface area contributed by atoms with E-state index in [0.29, 0.717) is 30.7 Å². The van der Waals surface area contributed by atoms with Gasteiger partial charge in [0.1, 0.15) is 5.69 Å². The maximum absolute atomic E-state index is 14.5. The van der Waals surface area contributed by atoms with E-state index in [-0.39, 0.29) is 18.2 Å². The van der Waals surface area contributed by atoms with Gasteiger partial charge in [0, 0.05) is 31.0 Å². The molecule has 0 fully saturated rings. The highest BCUT2D eigenvalue weighted by atomic mass is 35.5. The first-order valence-corrected chi connectivity index (χ1v) is 8.74. The van der Waals surface area contributed by atoms with Gasteiger partial charge in [-0.25, -0.2) is 4.39 Å². The molecule has 2 rings (SSSR count). The predicted octanol–water partition coefficient (Wildman–Crippen LogP) is 3.41. The van der Waals surface area contributed by atoms with Crippen LogP contribution in [0.15, 0.2) is 24.3 Å². The van der Waals surface area contributed by atoms with Crippen LogP contribution >= 0.6 is 11.6 Å². The minimum Gasteiger partial charge on any atom is -0.490 e. The summed E-state index contributed by atoms with van der Waals surface area (Å²) in [6, 6.07) is 6.59. The SMILES string of the molecule is CCc1cc(C(=O)NCc2cccc(OCCCC#CCl)c2F)n(C)n1. The number of carbonyl (C=O) groups is 1. The zero-order valence-electron chi connectivity index (χ0n) is 14.8. The molecule has 0 unspecified atom stereocenters. The summed E-state index contributed by atoms with van der Waals surface area (Å²) in [5.74, 6) is 2.09. The highest BCUT2D eigenvalue weighted by molar-refractivity contribution is 6.30. The molecule has 0 atom stereocenters. The summed E-state index contributed by atoms with van der Waals surface area (Å²) in [7, 11) is 1.71. The number of halogens is 2. The van der Waals surface area contributed by atoms with E-state index in [0.717, 1.165) is 12.1 Å². The number of carbonyl (C=O) groups excluding carboxylic acids is 1. The summed E-state index contributed by atoms with van der Waals surface area (Å²) in [4.78, 5) is 12.3. The number of unbranched alkanes of at least 4 members (excludes halogenated alkanes) is 1. The average Bonchev–Trinajstić information content (AvgIpc) is 3.02. The van der Waals surface area contributed by atoms with E-state index in [1.807, 2.05) is 6.92 Å². The van der Waals surface area contributed by atoms with Crippen LogP contribution in [-0.2, 0) is 20.0 Å². The summed E-state index contributed by atoms with van der Waals surface area (Å²) < 4.78 is 21.5. The van der Waals surface area contributed by atoms with Gasteiger partial charge in [0.25, 0.3) is 5.91 Å². The summed E-state index contributed by atoms with van der Waals surface area (Å²) in [5, 5.41) is 9.24. The van der Waals surface area contributed by atoms with Gasteiger partial charge in [0.05, 0.1) is 12.3 Å². The van der Waals surface area contributed by atoms with Gasteiger partial charge in [-0.3, -0.25) is 9.48 Å². The van der Waals surface area contributed by atoms with Crippen molar-refractivity contribution in [2.45, 2.75) is 32.7 Å². The number of ether oxygens (including phenoxy) is 1. The summed E-state index contributed by atoms with van der Waals surface area (Å²) in [5.41, 5.74) is 1.63. The average molecular weight is 378 g/mol. The highest BCUT2D eigenvalue weighted by Gasteiger charge is 2.14. The van der Waals surface area contributed by atoms with Crippen molar-refractivity contribution in [3.8, 4) is 17.0 Å². The van der Waals surface area contributed by atoms with Gasteiger partial charge in [0.2, 0.25) is 0 Å². The lowest BCUT2D eigenvalue weighted by molar-refractivity contribution is 0.0941. The first kappa shape index (κ1) is 19.8. The Bertz CT molecular complexity index is 824. The number of hydrogen-bond acceptors (Lipinski definition) is 3. The monoisotopic (exact) mass is 377 g/mol. The van der Waals surface area contributed by atoms with Crippen LogP contribution in [0.5, 0.6) is 5.75 Å². The molecule has 0 saturated heterocycles. The number of aromatic nitrogens is 2. The van der Waals surface area contributed by atoms with Gasteiger partial charge in [-0.2, -0.15) is 5.10 Å². The molecule has 0 aliphatic heterocycles. The lowest BCUT2D eigenvalue weighted by Crippen LogP contribution is -2.25. The summed E-state index contributed by atoms with van der Waals surface area (Å²) in [6.45, 7) is 2.37. The van der Waals surface area contributed by atoms with Crippen molar-refractivity contribution in [1.82, 2.24) is 15.1 Å². The van der Waals surface area contributed by atoms with E-state index in [2.05, 4.69) is 21.7 Å². The fourth-order valence-corrected chi connectivity index (χ4v) is 2.47. The van der Waals surface area contributed by atoms with Crippen molar-refractivity contribution < 1.29 is 13.9 Å². The summed E-state index contributed by atoms with van der Waals surface area (Å²) >= 11 is 5.27. The number of amides is 1. The quantitative estimate of drug-likeness (QED) is 0.566. The topological polar surface area (TPSA) is 56.1 Å². The Morgan fingerprint density at radius 3 is 2.96 bits per heavy atom.